The maximum atomic E-state index is 11.9. The summed E-state index contributed by atoms with van der Waals surface area (Å²) in [5.74, 6) is -2.11. The molecule has 0 bridgehead atoms. The Labute approximate surface area is 149 Å². The average molecular weight is 374 g/mol. The molecule has 12 nitrogen and oxygen atoms in total. The van der Waals surface area contributed by atoms with E-state index in [1.54, 1.807) is 0 Å². The molecule has 1 aliphatic heterocycles. The Hall–Kier alpha value is -2.40. The molecule has 0 radical (unpaired) electrons. The number of nitrogens with zero attached hydrogens (tertiary/aromatic N) is 3. The molecule has 1 saturated heterocycles. The van der Waals surface area contributed by atoms with E-state index in [4.69, 9.17) is 19.7 Å². The molecule has 1 unspecified atom stereocenters. The van der Waals surface area contributed by atoms with Crippen molar-refractivity contribution in [3.8, 4) is 0 Å². The Morgan fingerprint density at radius 2 is 1.85 bits per heavy atom. The van der Waals surface area contributed by atoms with Gasteiger partial charge in [0.15, 0.2) is 6.10 Å². The van der Waals surface area contributed by atoms with Gasteiger partial charge in [-0.3, -0.25) is 14.4 Å². The van der Waals surface area contributed by atoms with Crippen LogP contribution in [0, 0.1) is 0 Å². The second-order valence-electron chi connectivity index (χ2n) is 5.35. The van der Waals surface area contributed by atoms with E-state index in [-0.39, 0.29) is 12.8 Å². The number of esters is 2. The molecule has 0 aromatic heterocycles. The van der Waals surface area contributed by atoms with Crippen LogP contribution in [-0.4, -0.2) is 71.9 Å². The summed E-state index contributed by atoms with van der Waals surface area (Å²) in [5.41, 5.74) is 8.28. The Morgan fingerprint density at radius 1 is 1.23 bits per heavy atom. The third-order valence-electron chi connectivity index (χ3n) is 3.55. The highest BCUT2D eigenvalue weighted by molar-refractivity contribution is 5.79. The fourth-order valence-electron chi connectivity index (χ4n) is 2.24. The van der Waals surface area contributed by atoms with Crippen molar-refractivity contribution in [2.24, 2.45) is 5.11 Å². The van der Waals surface area contributed by atoms with Gasteiger partial charge < -0.3 is 29.7 Å². The molecule has 1 rings (SSSR count). The molecule has 1 amide bonds. The van der Waals surface area contributed by atoms with E-state index >= 15 is 0 Å². The molecule has 1 aliphatic rings. The van der Waals surface area contributed by atoms with Crippen LogP contribution in [0.15, 0.2) is 5.11 Å². The maximum absolute atomic E-state index is 11.9. The standard InChI is InChI=1S/C14H22N4O8/c1-3-9(21)25-13-11(17-8(20)5-16-18-15)14(26-10(22)4-2)24-7(6-19)12(13)23/h7,11-14,19,23H,3-6H2,1-2H3,(H,17,20)/t7-,11-,12+,13-,14?/m1/s1. The van der Waals surface area contributed by atoms with Gasteiger partial charge in [-0.25, -0.2) is 0 Å². The van der Waals surface area contributed by atoms with E-state index in [0.29, 0.717) is 0 Å². The van der Waals surface area contributed by atoms with Crippen LogP contribution in [0.3, 0.4) is 0 Å². The summed E-state index contributed by atoms with van der Waals surface area (Å²) >= 11 is 0. The van der Waals surface area contributed by atoms with Gasteiger partial charge in [-0.1, -0.05) is 19.0 Å². The highest BCUT2D eigenvalue weighted by Gasteiger charge is 2.49. The lowest BCUT2D eigenvalue weighted by molar-refractivity contribution is -0.266. The first-order chi connectivity index (χ1) is 12.4. The van der Waals surface area contributed by atoms with Crippen LogP contribution in [0.25, 0.3) is 10.4 Å². The number of azide groups is 1. The Morgan fingerprint density at radius 3 is 2.38 bits per heavy atom. The Bertz CT molecular complexity index is 565. The van der Waals surface area contributed by atoms with Crippen LogP contribution in [-0.2, 0) is 28.6 Å². The van der Waals surface area contributed by atoms with Gasteiger partial charge in [0.2, 0.25) is 12.2 Å². The molecule has 0 aliphatic carbocycles. The lowest BCUT2D eigenvalue weighted by Crippen LogP contribution is -2.66. The minimum atomic E-state index is -1.49. The smallest absolute Gasteiger partial charge is 0.307 e. The highest BCUT2D eigenvalue weighted by Crippen LogP contribution is 2.25. The Kier molecular flexibility index (Phi) is 8.79. The Balaban J connectivity index is 3.12. The van der Waals surface area contributed by atoms with Crippen molar-refractivity contribution >= 4 is 17.8 Å². The molecule has 26 heavy (non-hydrogen) atoms. The van der Waals surface area contributed by atoms with Gasteiger partial charge in [0.1, 0.15) is 24.8 Å². The molecule has 0 aromatic carbocycles. The molecule has 5 atom stereocenters. The largest absolute Gasteiger partial charge is 0.457 e. The van der Waals surface area contributed by atoms with Crippen molar-refractivity contribution in [3.63, 3.8) is 0 Å². The van der Waals surface area contributed by atoms with E-state index in [0.717, 1.165) is 0 Å². The number of rotatable bonds is 8. The van der Waals surface area contributed by atoms with E-state index in [9.17, 15) is 24.6 Å². The van der Waals surface area contributed by atoms with Gasteiger partial charge in [0.25, 0.3) is 0 Å². The third kappa shape index (κ3) is 5.85. The van der Waals surface area contributed by atoms with Crippen molar-refractivity contribution < 1.29 is 38.8 Å². The zero-order valence-electron chi connectivity index (χ0n) is 14.4. The van der Waals surface area contributed by atoms with Crippen LogP contribution < -0.4 is 5.32 Å². The van der Waals surface area contributed by atoms with Crippen molar-refractivity contribution in [1.82, 2.24) is 5.32 Å². The number of ether oxygens (including phenoxy) is 3. The quantitative estimate of drug-likeness (QED) is 0.212. The maximum Gasteiger partial charge on any atom is 0.307 e. The lowest BCUT2D eigenvalue weighted by Gasteiger charge is -2.43. The first kappa shape index (κ1) is 21.6. The number of hydrogen-bond acceptors (Lipinski definition) is 9. The summed E-state index contributed by atoms with van der Waals surface area (Å²) in [6.07, 6.45) is -5.47. The summed E-state index contributed by atoms with van der Waals surface area (Å²) in [5, 5.41) is 25.1. The zero-order valence-corrected chi connectivity index (χ0v) is 14.4. The van der Waals surface area contributed by atoms with Gasteiger partial charge in [-0.2, -0.15) is 0 Å². The zero-order chi connectivity index (χ0) is 19.7. The topological polar surface area (TPSA) is 180 Å². The number of amides is 1. The monoisotopic (exact) mass is 374 g/mol. The molecule has 0 saturated carbocycles. The fraction of sp³-hybridized carbons (Fsp3) is 0.786. The van der Waals surface area contributed by atoms with Crippen LogP contribution in [0.5, 0.6) is 0 Å². The molecule has 0 spiro atoms. The van der Waals surface area contributed by atoms with Crippen molar-refractivity contribution in [3.05, 3.63) is 10.4 Å². The second kappa shape index (κ2) is 10.6. The van der Waals surface area contributed by atoms with Crippen LogP contribution in [0.4, 0.5) is 0 Å². The highest BCUT2D eigenvalue weighted by atomic mass is 16.7. The van der Waals surface area contributed by atoms with E-state index in [1.165, 1.54) is 13.8 Å². The molecule has 1 fully saturated rings. The van der Waals surface area contributed by atoms with Crippen LogP contribution in [0.2, 0.25) is 0 Å². The van der Waals surface area contributed by atoms with Gasteiger partial charge in [0.05, 0.1) is 6.61 Å². The molecule has 146 valence electrons. The molecule has 12 heteroatoms. The molecule has 3 N–H and O–H groups in total. The first-order valence-electron chi connectivity index (χ1n) is 8.01. The minimum Gasteiger partial charge on any atom is -0.457 e. The summed E-state index contributed by atoms with van der Waals surface area (Å²) in [6.45, 7) is 1.87. The summed E-state index contributed by atoms with van der Waals surface area (Å²) in [4.78, 5) is 37.7. The third-order valence-corrected chi connectivity index (χ3v) is 3.55. The van der Waals surface area contributed by atoms with Crippen molar-refractivity contribution in [2.75, 3.05) is 13.2 Å². The normalized spacial score (nSPS) is 27.8. The van der Waals surface area contributed by atoms with Gasteiger partial charge in [0, 0.05) is 17.8 Å². The lowest BCUT2D eigenvalue weighted by atomic mass is 9.96. The van der Waals surface area contributed by atoms with E-state index < -0.39 is 61.6 Å². The van der Waals surface area contributed by atoms with Crippen molar-refractivity contribution in [1.29, 1.82) is 0 Å². The number of nitrogens with one attached hydrogen (secondary N) is 1. The fourth-order valence-corrected chi connectivity index (χ4v) is 2.24. The predicted molar refractivity (Wildman–Crippen MR) is 84.3 cm³/mol. The van der Waals surface area contributed by atoms with Crippen LogP contribution >= 0.6 is 0 Å². The van der Waals surface area contributed by atoms with Gasteiger partial charge >= 0.3 is 11.9 Å². The molecule has 0 aromatic rings. The van der Waals surface area contributed by atoms with Crippen molar-refractivity contribution in [2.45, 2.75) is 57.3 Å². The number of carbonyl (C=O) groups is 3. The minimum absolute atomic E-state index is 0.00497. The number of aliphatic hydroxyl groups is 2. The second-order valence-corrected chi connectivity index (χ2v) is 5.35. The van der Waals surface area contributed by atoms with Gasteiger partial charge in [-0.15, -0.1) is 0 Å². The number of carbonyl (C=O) groups excluding carboxylic acids is 3. The van der Waals surface area contributed by atoms with Crippen LogP contribution in [0.1, 0.15) is 26.7 Å². The summed E-state index contributed by atoms with van der Waals surface area (Å²) < 4.78 is 15.6. The van der Waals surface area contributed by atoms with Gasteiger partial charge in [-0.05, 0) is 5.53 Å². The number of hydrogen-bond donors (Lipinski definition) is 3. The number of aliphatic hydroxyl groups excluding tert-OH is 2. The summed E-state index contributed by atoms with van der Waals surface area (Å²) in [6, 6.07) is -1.26. The van der Waals surface area contributed by atoms with E-state index in [2.05, 4.69) is 15.3 Å². The average Bonchev–Trinajstić information content (AvgIpc) is 2.64. The molecule has 1 heterocycles. The first-order valence-corrected chi connectivity index (χ1v) is 8.01. The van der Waals surface area contributed by atoms with E-state index in [1.807, 2.05) is 0 Å². The SMILES string of the molecule is CCC(=O)OC1O[C@H](CO)[C@H](O)[C@H](OC(=O)CC)[C@H]1NC(=O)CN=[N+]=[N-]. The summed E-state index contributed by atoms with van der Waals surface area (Å²) in [7, 11) is 0. The predicted octanol–water partition coefficient (Wildman–Crippen LogP) is -0.865. The molecular weight excluding hydrogens is 352 g/mol. The molecular formula is C14H22N4O8.